The number of nitrogens with two attached hydrogens (primary N) is 1. The third kappa shape index (κ3) is 8.54. The maximum atomic E-state index is 8.06. The maximum absolute atomic E-state index is 8.06. The molecule has 0 heterocycles. The van der Waals surface area contributed by atoms with Crippen molar-refractivity contribution in [2.24, 2.45) is 5.73 Å². The van der Waals surface area contributed by atoms with Crippen molar-refractivity contribution in [2.75, 3.05) is 0 Å². The number of hydrogen-bond acceptors (Lipinski definition) is 3. The van der Waals surface area contributed by atoms with Gasteiger partial charge in [-0.2, -0.15) is 0 Å². The van der Waals surface area contributed by atoms with Gasteiger partial charge in [-0.25, -0.2) is 0 Å². The second kappa shape index (κ2) is 11.2. The quantitative estimate of drug-likeness (QED) is 0.550. The van der Waals surface area contributed by atoms with E-state index in [-0.39, 0.29) is 6.10 Å². The summed E-state index contributed by atoms with van der Waals surface area (Å²) in [5.74, 6) is 0. The summed E-state index contributed by atoms with van der Waals surface area (Å²) < 4.78 is 1.08. The predicted octanol–water partition coefficient (Wildman–Crippen LogP) is 5.15. The molecule has 1 aromatic carbocycles. The van der Waals surface area contributed by atoms with Gasteiger partial charge in [0.2, 0.25) is 0 Å². The van der Waals surface area contributed by atoms with Gasteiger partial charge < -0.3 is 10.8 Å². The Labute approximate surface area is 143 Å². The van der Waals surface area contributed by atoms with Crippen LogP contribution in [0.15, 0.2) is 28.4 Å². The van der Waals surface area contributed by atoms with Crippen LogP contribution in [0.5, 0.6) is 0 Å². The lowest BCUT2D eigenvalue weighted by atomic mass is 10.0. The van der Waals surface area contributed by atoms with Crippen molar-refractivity contribution in [3.63, 3.8) is 0 Å². The van der Waals surface area contributed by atoms with Gasteiger partial charge >= 0.3 is 0 Å². The smallest absolute Gasteiger partial charge is 0.0483 e. The molecule has 0 unspecified atom stereocenters. The molecule has 1 aliphatic rings. The van der Waals surface area contributed by atoms with Gasteiger partial charge in [0, 0.05) is 21.2 Å². The molecule has 3 N–H and O–H groups in total. The molecule has 0 amide bonds. The zero-order valence-corrected chi connectivity index (χ0v) is 16.0. The Morgan fingerprint density at radius 3 is 2.33 bits per heavy atom. The van der Waals surface area contributed by atoms with E-state index in [1.807, 2.05) is 0 Å². The van der Waals surface area contributed by atoms with Crippen LogP contribution < -0.4 is 5.73 Å². The SMILES string of the molecule is CC(C)O.CCC.NC1=C(S)c2cc(Br)ccc2CCC1. The van der Waals surface area contributed by atoms with Crippen LogP contribution >= 0.6 is 28.6 Å². The van der Waals surface area contributed by atoms with Crippen molar-refractivity contribution in [3.05, 3.63) is 39.5 Å². The summed E-state index contributed by atoms with van der Waals surface area (Å²) in [6.45, 7) is 7.69. The number of hydrogen-bond donors (Lipinski definition) is 3. The molecular weight excluding hydrogens is 346 g/mol. The van der Waals surface area contributed by atoms with Crippen LogP contribution in [0.1, 0.15) is 58.1 Å². The lowest BCUT2D eigenvalue weighted by molar-refractivity contribution is 0.216. The number of fused-ring (bicyclic) bond motifs is 1. The summed E-state index contributed by atoms with van der Waals surface area (Å²) in [6.07, 6.45) is 4.24. The van der Waals surface area contributed by atoms with Crippen molar-refractivity contribution in [1.82, 2.24) is 0 Å². The number of halogens is 1. The fourth-order valence-electron chi connectivity index (χ4n) is 1.75. The summed E-state index contributed by atoms with van der Waals surface area (Å²) in [5, 5.41) is 8.06. The molecule has 120 valence electrons. The van der Waals surface area contributed by atoms with E-state index in [0.29, 0.717) is 0 Å². The fraction of sp³-hybridized carbons (Fsp3) is 0.529. The Morgan fingerprint density at radius 2 is 1.81 bits per heavy atom. The fourth-order valence-corrected chi connectivity index (χ4v) is 2.43. The van der Waals surface area contributed by atoms with Gasteiger partial charge in [0.15, 0.2) is 0 Å². The Kier molecular flexibility index (Phi) is 10.9. The largest absolute Gasteiger partial charge is 0.401 e. The molecule has 0 radical (unpaired) electrons. The highest BCUT2D eigenvalue weighted by Gasteiger charge is 2.12. The van der Waals surface area contributed by atoms with Gasteiger partial charge in [-0.3, -0.25) is 0 Å². The molecule has 0 spiro atoms. The van der Waals surface area contributed by atoms with Crippen molar-refractivity contribution < 1.29 is 5.11 Å². The summed E-state index contributed by atoms with van der Waals surface area (Å²) >= 11 is 7.95. The summed E-state index contributed by atoms with van der Waals surface area (Å²) in [6, 6.07) is 6.31. The van der Waals surface area contributed by atoms with Crippen LogP contribution in [0.4, 0.5) is 0 Å². The Balaban J connectivity index is 0.000000486. The van der Waals surface area contributed by atoms with Gasteiger partial charge in [-0.1, -0.05) is 42.3 Å². The summed E-state index contributed by atoms with van der Waals surface area (Å²) in [4.78, 5) is 0.943. The third-order valence-electron chi connectivity index (χ3n) is 2.52. The maximum Gasteiger partial charge on any atom is 0.0483 e. The highest BCUT2D eigenvalue weighted by atomic mass is 79.9. The van der Waals surface area contributed by atoms with E-state index in [1.165, 1.54) is 17.5 Å². The van der Waals surface area contributed by atoms with Crippen LogP contribution in [-0.2, 0) is 6.42 Å². The van der Waals surface area contributed by atoms with Crippen LogP contribution in [0.3, 0.4) is 0 Å². The van der Waals surface area contributed by atoms with Crippen LogP contribution in [0.2, 0.25) is 0 Å². The molecule has 0 atom stereocenters. The monoisotopic (exact) mass is 373 g/mol. The average Bonchev–Trinajstić information content (AvgIpc) is 2.51. The lowest BCUT2D eigenvalue weighted by Crippen LogP contribution is -1.97. The molecule has 0 bridgehead atoms. The second-order valence-electron chi connectivity index (χ2n) is 5.33. The first-order chi connectivity index (χ1) is 9.83. The second-order valence-corrected chi connectivity index (χ2v) is 6.69. The van der Waals surface area contributed by atoms with Gasteiger partial charge in [0.1, 0.15) is 0 Å². The molecule has 0 saturated heterocycles. The first-order valence-electron chi connectivity index (χ1n) is 7.47. The number of thiol groups is 1. The van der Waals surface area contributed by atoms with Gasteiger partial charge in [-0.05, 0) is 56.4 Å². The molecule has 2 nitrogen and oxygen atoms in total. The number of allylic oxidation sites excluding steroid dienone is 1. The van der Waals surface area contributed by atoms with E-state index >= 15 is 0 Å². The van der Waals surface area contributed by atoms with E-state index in [4.69, 9.17) is 10.8 Å². The zero-order chi connectivity index (χ0) is 16.4. The van der Waals surface area contributed by atoms with Crippen molar-refractivity contribution in [2.45, 2.75) is 59.5 Å². The minimum absolute atomic E-state index is 0.167. The number of benzene rings is 1. The summed E-state index contributed by atoms with van der Waals surface area (Å²) in [7, 11) is 0. The normalized spacial score (nSPS) is 13.5. The minimum Gasteiger partial charge on any atom is -0.401 e. The topological polar surface area (TPSA) is 46.2 Å². The van der Waals surface area contributed by atoms with Crippen molar-refractivity contribution in [1.29, 1.82) is 0 Å². The number of aliphatic hydroxyl groups is 1. The molecular formula is C17H28BrNOS. The van der Waals surface area contributed by atoms with Gasteiger partial charge in [-0.15, -0.1) is 12.6 Å². The predicted molar refractivity (Wildman–Crippen MR) is 100 cm³/mol. The molecule has 0 saturated carbocycles. The van der Waals surface area contributed by atoms with Crippen LogP contribution in [0.25, 0.3) is 4.91 Å². The molecule has 0 aromatic heterocycles. The third-order valence-corrected chi connectivity index (χ3v) is 3.54. The molecule has 1 aliphatic carbocycles. The number of aliphatic hydroxyl groups excluding tert-OH is 1. The van der Waals surface area contributed by atoms with E-state index in [9.17, 15) is 0 Å². The van der Waals surface area contributed by atoms with Gasteiger partial charge in [0.05, 0.1) is 0 Å². The Hall–Kier alpha value is -0.450. The van der Waals surface area contributed by atoms with Crippen LogP contribution in [-0.4, -0.2) is 11.2 Å². The number of rotatable bonds is 0. The molecule has 0 fully saturated rings. The van der Waals surface area contributed by atoms with Crippen LogP contribution in [0, 0.1) is 0 Å². The van der Waals surface area contributed by atoms with E-state index in [1.54, 1.807) is 13.8 Å². The molecule has 0 aliphatic heterocycles. The molecule has 4 heteroatoms. The lowest BCUT2D eigenvalue weighted by Gasteiger charge is -2.07. The van der Waals surface area contributed by atoms with Gasteiger partial charge in [0.25, 0.3) is 0 Å². The van der Waals surface area contributed by atoms with Crippen molar-refractivity contribution >= 4 is 33.5 Å². The summed E-state index contributed by atoms with van der Waals surface area (Å²) in [5.41, 5.74) is 9.36. The first-order valence-corrected chi connectivity index (χ1v) is 8.71. The molecule has 2 rings (SSSR count). The molecule has 21 heavy (non-hydrogen) atoms. The minimum atomic E-state index is -0.167. The molecule has 1 aromatic rings. The zero-order valence-electron chi connectivity index (χ0n) is 13.5. The van der Waals surface area contributed by atoms with Crippen molar-refractivity contribution in [3.8, 4) is 0 Å². The van der Waals surface area contributed by atoms with E-state index < -0.39 is 0 Å². The van der Waals surface area contributed by atoms with E-state index in [0.717, 1.165) is 34.3 Å². The highest BCUT2D eigenvalue weighted by molar-refractivity contribution is 9.10. The van der Waals surface area contributed by atoms with E-state index in [2.05, 4.69) is 60.6 Å². The first kappa shape index (κ1) is 20.6. The average molecular weight is 374 g/mol. The Bertz CT molecular complexity index is 455. The highest BCUT2D eigenvalue weighted by Crippen LogP contribution is 2.32. The number of aryl methyl sites for hydroxylation is 1. The standard InChI is InChI=1S/C11H12BrNS.C3H8O.C3H8/c12-8-5-4-7-2-1-3-10(13)11(14)9(7)6-8;1-3(2)4;1-3-2/h4-6,14H,1-3,13H2;3-4H,1-2H3;3H2,1-2H3. The Morgan fingerprint density at radius 1 is 1.29 bits per heavy atom.